The van der Waals surface area contributed by atoms with E-state index >= 15 is 0 Å². The molecule has 1 saturated heterocycles. The summed E-state index contributed by atoms with van der Waals surface area (Å²) in [6.07, 6.45) is 0. The van der Waals surface area contributed by atoms with Gasteiger partial charge in [-0.25, -0.2) is 4.79 Å². The number of hydrogen-bond acceptors (Lipinski definition) is 3. The van der Waals surface area contributed by atoms with Gasteiger partial charge in [0.2, 0.25) is 0 Å². The highest BCUT2D eigenvalue weighted by atomic mass is 16.5. The molecule has 3 amide bonds. The van der Waals surface area contributed by atoms with Crippen LogP contribution in [0.4, 0.5) is 4.79 Å². The number of carbonyl (C=O) groups is 2. The minimum atomic E-state index is -1.10. The molecule has 2 aliphatic rings. The zero-order valence-corrected chi connectivity index (χ0v) is 19.1. The summed E-state index contributed by atoms with van der Waals surface area (Å²) in [5.41, 5.74) is 3.62. The van der Waals surface area contributed by atoms with E-state index in [0.717, 1.165) is 39.0 Å². The smallest absolute Gasteiger partial charge is 0.328 e. The first-order chi connectivity index (χ1) is 16.5. The van der Waals surface area contributed by atoms with Crippen molar-refractivity contribution in [3.63, 3.8) is 0 Å². The number of carbonyl (C=O) groups excluding carboxylic acids is 2. The molecule has 0 aliphatic carbocycles. The Morgan fingerprint density at radius 1 is 0.971 bits per heavy atom. The van der Waals surface area contributed by atoms with Gasteiger partial charge in [0.05, 0.1) is 19.3 Å². The highest BCUT2D eigenvalue weighted by molar-refractivity contribution is 6.08. The monoisotopic (exact) mass is 451 g/mol. The van der Waals surface area contributed by atoms with Gasteiger partial charge < -0.3 is 14.6 Å². The van der Waals surface area contributed by atoms with E-state index in [4.69, 9.17) is 4.74 Å². The lowest BCUT2D eigenvalue weighted by Crippen LogP contribution is -2.50. The molecule has 6 heteroatoms. The van der Waals surface area contributed by atoms with Gasteiger partial charge in [-0.2, -0.15) is 0 Å². The number of rotatable bonds is 4. The topological polar surface area (TPSA) is 65.6 Å². The minimum absolute atomic E-state index is 0.135. The van der Waals surface area contributed by atoms with Gasteiger partial charge in [-0.05, 0) is 30.2 Å². The Hall–Kier alpha value is -4.06. The second kappa shape index (κ2) is 7.48. The van der Waals surface area contributed by atoms with Crippen LogP contribution in [-0.2, 0) is 16.9 Å². The van der Waals surface area contributed by atoms with Gasteiger partial charge in [0, 0.05) is 28.9 Å². The predicted octanol–water partition coefficient (Wildman–Crippen LogP) is 5.00. The van der Waals surface area contributed by atoms with Crippen LogP contribution >= 0.6 is 0 Å². The number of para-hydroxylation sites is 2. The molecule has 0 spiro atoms. The van der Waals surface area contributed by atoms with Crippen molar-refractivity contribution >= 4 is 22.8 Å². The Bertz CT molecular complexity index is 1430. The van der Waals surface area contributed by atoms with Gasteiger partial charge >= 0.3 is 6.03 Å². The highest BCUT2D eigenvalue weighted by Gasteiger charge is 2.60. The third-order valence-corrected chi connectivity index (χ3v) is 7.31. The number of amides is 3. The van der Waals surface area contributed by atoms with E-state index in [1.165, 1.54) is 4.90 Å². The van der Waals surface area contributed by atoms with E-state index in [-0.39, 0.29) is 24.4 Å². The molecular formula is C28H25N3O3. The Labute approximate surface area is 197 Å². The molecule has 4 aromatic rings. The molecule has 2 unspecified atom stereocenters. The molecule has 2 aliphatic heterocycles. The van der Waals surface area contributed by atoms with Crippen LogP contribution in [0.5, 0.6) is 5.75 Å². The molecule has 34 heavy (non-hydrogen) atoms. The van der Waals surface area contributed by atoms with Crippen molar-refractivity contribution in [1.82, 2.24) is 14.8 Å². The van der Waals surface area contributed by atoms with Crippen LogP contribution in [0.2, 0.25) is 0 Å². The lowest BCUT2D eigenvalue weighted by Gasteiger charge is -2.40. The molecule has 2 atom stereocenters. The first-order valence-corrected chi connectivity index (χ1v) is 11.5. The number of methoxy groups -OCH3 is 1. The molecule has 0 bridgehead atoms. The number of hydrogen-bond donors (Lipinski definition) is 1. The summed E-state index contributed by atoms with van der Waals surface area (Å²) >= 11 is 0. The van der Waals surface area contributed by atoms with Crippen molar-refractivity contribution in [2.75, 3.05) is 13.7 Å². The molecule has 6 nitrogen and oxygen atoms in total. The van der Waals surface area contributed by atoms with E-state index < -0.39 is 5.54 Å². The maximum Gasteiger partial charge on any atom is 0.328 e. The normalized spacial score (nSPS) is 21.6. The first kappa shape index (κ1) is 20.5. The highest BCUT2D eigenvalue weighted by Crippen LogP contribution is 2.50. The number of nitrogens with one attached hydrogen (secondary N) is 1. The maximum atomic E-state index is 13.9. The number of imide groups is 1. The Balaban J connectivity index is 1.55. The lowest BCUT2D eigenvalue weighted by atomic mass is 9.78. The van der Waals surface area contributed by atoms with E-state index in [1.54, 1.807) is 12.0 Å². The number of urea groups is 1. The average molecular weight is 452 g/mol. The van der Waals surface area contributed by atoms with Crippen LogP contribution in [0.1, 0.15) is 35.2 Å². The van der Waals surface area contributed by atoms with Crippen molar-refractivity contribution in [1.29, 1.82) is 0 Å². The summed E-state index contributed by atoms with van der Waals surface area (Å²) in [6, 6.07) is 25.4. The number of aromatic nitrogens is 1. The standard InChI is InChI=1S/C28H25N3O3/c1-28-25-24(20-13-6-8-14-22(20)29-25)21(19-12-7-9-15-23(19)34-2)17-31(28)27(33)30(26(28)32)16-18-10-4-3-5-11-18/h3-15,21,29H,16-17H2,1-2H3. The number of aromatic amines is 1. The zero-order valence-electron chi connectivity index (χ0n) is 19.1. The fourth-order valence-electron chi connectivity index (χ4n) is 5.60. The first-order valence-electron chi connectivity index (χ1n) is 11.5. The van der Waals surface area contributed by atoms with E-state index in [0.29, 0.717) is 6.54 Å². The van der Waals surface area contributed by atoms with Crippen LogP contribution in [0.15, 0.2) is 78.9 Å². The van der Waals surface area contributed by atoms with Gasteiger partial charge in [-0.1, -0.05) is 66.7 Å². The van der Waals surface area contributed by atoms with E-state index in [1.807, 2.05) is 79.7 Å². The van der Waals surface area contributed by atoms with E-state index in [2.05, 4.69) is 11.1 Å². The SMILES string of the molecule is COc1ccccc1C1CN2C(=O)N(Cc3ccccc3)C(=O)C2(C)c2[nH]c3ccccc3c21. The number of benzene rings is 3. The van der Waals surface area contributed by atoms with Gasteiger partial charge in [-0.15, -0.1) is 0 Å². The van der Waals surface area contributed by atoms with Crippen LogP contribution in [-0.4, -0.2) is 40.4 Å². The van der Waals surface area contributed by atoms with Gasteiger partial charge in [-0.3, -0.25) is 9.69 Å². The van der Waals surface area contributed by atoms with Crippen molar-refractivity contribution in [2.45, 2.75) is 24.9 Å². The van der Waals surface area contributed by atoms with Crippen LogP contribution in [0.3, 0.4) is 0 Å². The Morgan fingerprint density at radius 3 is 2.47 bits per heavy atom. The minimum Gasteiger partial charge on any atom is -0.496 e. The number of fused-ring (bicyclic) bond motifs is 5. The second-order valence-electron chi connectivity index (χ2n) is 9.10. The zero-order chi connectivity index (χ0) is 23.4. The molecule has 1 fully saturated rings. The summed E-state index contributed by atoms with van der Waals surface area (Å²) in [5, 5.41) is 1.07. The number of H-pyrrole nitrogens is 1. The fourth-order valence-corrected chi connectivity index (χ4v) is 5.60. The predicted molar refractivity (Wildman–Crippen MR) is 130 cm³/mol. The molecule has 1 aromatic heterocycles. The summed E-state index contributed by atoms with van der Waals surface area (Å²) in [7, 11) is 1.66. The maximum absolute atomic E-state index is 13.9. The summed E-state index contributed by atoms with van der Waals surface area (Å²) < 4.78 is 5.70. The summed E-state index contributed by atoms with van der Waals surface area (Å²) in [5.74, 6) is 0.433. The lowest BCUT2D eigenvalue weighted by molar-refractivity contribution is -0.133. The molecule has 1 N–H and O–H groups in total. The average Bonchev–Trinajstić information content (AvgIpc) is 3.35. The number of nitrogens with zero attached hydrogens (tertiary/aromatic N) is 2. The van der Waals surface area contributed by atoms with Crippen LogP contribution in [0.25, 0.3) is 10.9 Å². The third kappa shape index (κ3) is 2.75. The van der Waals surface area contributed by atoms with Crippen LogP contribution < -0.4 is 4.74 Å². The molecule has 0 saturated carbocycles. The Morgan fingerprint density at radius 2 is 1.68 bits per heavy atom. The van der Waals surface area contributed by atoms with Crippen molar-refractivity contribution in [3.8, 4) is 5.75 Å². The van der Waals surface area contributed by atoms with E-state index in [9.17, 15) is 9.59 Å². The van der Waals surface area contributed by atoms with Gasteiger partial charge in [0.15, 0.2) is 5.54 Å². The van der Waals surface area contributed by atoms with Gasteiger partial charge in [0.25, 0.3) is 5.91 Å². The largest absolute Gasteiger partial charge is 0.496 e. The summed E-state index contributed by atoms with van der Waals surface area (Å²) in [4.78, 5) is 34.2. The Kier molecular flexibility index (Phi) is 4.52. The molecule has 6 rings (SSSR count). The van der Waals surface area contributed by atoms with Crippen molar-refractivity contribution in [3.05, 3.63) is 101 Å². The van der Waals surface area contributed by atoms with Gasteiger partial charge in [0.1, 0.15) is 5.75 Å². The summed E-state index contributed by atoms with van der Waals surface area (Å²) in [6.45, 7) is 2.51. The van der Waals surface area contributed by atoms with Crippen molar-refractivity contribution in [2.24, 2.45) is 0 Å². The molecule has 3 heterocycles. The molecule has 170 valence electrons. The van der Waals surface area contributed by atoms with Crippen LogP contribution in [0, 0.1) is 0 Å². The van der Waals surface area contributed by atoms with Crippen molar-refractivity contribution < 1.29 is 14.3 Å². The number of ether oxygens (including phenoxy) is 1. The quantitative estimate of drug-likeness (QED) is 0.444. The molecular weight excluding hydrogens is 426 g/mol. The fraction of sp³-hybridized carbons (Fsp3) is 0.214. The third-order valence-electron chi connectivity index (χ3n) is 7.31. The second-order valence-corrected chi connectivity index (χ2v) is 9.10. The molecule has 0 radical (unpaired) electrons. The molecule has 3 aromatic carbocycles.